The summed E-state index contributed by atoms with van der Waals surface area (Å²) >= 11 is 0. The van der Waals surface area contributed by atoms with Crippen molar-refractivity contribution in [3.05, 3.63) is 53.2 Å². The minimum absolute atomic E-state index is 0.0577. The summed E-state index contributed by atoms with van der Waals surface area (Å²) in [7, 11) is -3.84. The van der Waals surface area contributed by atoms with E-state index in [1.807, 2.05) is 0 Å². The first-order valence-electron chi connectivity index (χ1n) is 9.09. The van der Waals surface area contributed by atoms with Crippen LogP contribution in [0.2, 0.25) is 0 Å². The fourth-order valence-electron chi connectivity index (χ4n) is 3.33. The Hall–Kier alpha value is -2.66. The SMILES string of the molecule is Cc1c(CC(=O)O)cccc1S(=O)(=O)N1CCN(c2ccc(C(F)(F)F)cn2)CC1. The first-order chi connectivity index (χ1) is 14.0. The van der Waals surface area contributed by atoms with E-state index in [0.717, 1.165) is 12.3 Å². The molecule has 3 rings (SSSR count). The monoisotopic (exact) mass is 443 g/mol. The first-order valence-corrected chi connectivity index (χ1v) is 10.5. The molecule has 1 fully saturated rings. The quantitative estimate of drug-likeness (QED) is 0.764. The van der Waals surface area contributed by atoms with Crippen LogP contribution >= 0.6 is 0 Å². The van der Waals surface area contributed by atoms with Gasteiger partial charge in [-0.3, -0.25) is 4.79 Å². The van der Waals surface area contributed by atoms with Gasteiger partial charge in [-0.25, -0.2) is 13.4 Å². The summed E-state index contributed by atoms with van der Waals surface area (Å²) in [5.41, 5.74) is -0.0212. The van der Waals surface area contributed by atoms with E-state index >= 15 is 0 Å². The molecule has 162 valence electrons. The van der Waals surface area contributed by atoms with Crippen molar-refractivity contribution in [2.45, 2.75) is 24.4 Å². The number of rotatable bonds is 5. The van der Waals surface area contributed by atoms with Gasteiger partial charge in [0.25, 0.3) is 0 Å². The number of carboxylic acids is 1. The Morgan fingerprint density at radius 1 is 1.13 bits per heavy atom. The second-order valence-corrected chi connectivity index (χ2v) is 8.81. The van der Waals surface area contributed by atoms with Crippen LogP contribution in [0.4, 0.5) is 19.0 Å². The Labute approximate surface area is 171 Å². The molecule has 2 heterocycles. The van der Waals surface area contributed by atoms with Gasteiger partial charge in [0.05, 0.1) is 16.9 Å². The van der Waals surface area contributed by atoms with Crippen LogP contribution in [-0.2, 0) is 27.4 Å². The lowest BCUT2D eigenvalue weighted by Crippen LogP contribution is -2.49. The summed E-state index contributed by atoms with van der Waals surface area (Å²) in [6.45, 7) is 2.38. The van der Waals surface area contributed by atoms with E-state index < -0.39 is 27.7 Å². The lowest BCUT2D eigenvalue weighted by molar-refractivity contribution is -0.138. The third-order valence-electron chi connectivity index (χ3n) is 4.99. The fourth-order valence-corrected chi connectivity index (χ4v) is 5.02. The molecule has 1 aliphatic rings. The van der Waals surface area contributed by atoms with Crippen molar-refractivity contribution in [2.75, 3.05) is 31.1 Å². The maximum atomic E-state index is 13.1. The highest BCUT2D eigenvalue weighted by Gasteiger charge is 2.32. The second kappa shape index (κ2) is 8.23. The van der Waals surface area contributed by atoms with Gasteiger partial charge in [0.2, 0.25) is 10.0 Å². The summed E-state index contributed by atoms with van der Waals surface area (Å²) in [4.78, 5) is 16.6. The van der Waals surface area contributed by atoms with Crippen LogP contribution in [0.15, 0.2) is 41.4 Å². The number of sulfonamides is 1. The minimum atomic E-state index is -4.47. The van der Waals surface area contributed by atoms with Crippen LogP contribution in [0.1, 0.15) is 16.7 Å². The number of hydrogen-bond donors (Lipinski definition) is 1. The molecule has 2 aromatic rings. The van der Waals surface area contributed by atoms with Crippen LogP contribution in [-0.4, -0.2) is 55.0 Å². The zero-order valence-electron chi connectivity index (χ0n) is 16.1. The largest absolute Gasteiger partial charge is 0.481 e. The van der Waals surface area contributed by atoms with E-state index in [1.165, 1.54) is 22.5 Å². The van der Waals surface area contributed by atoms with Gasteiger partial charge in [-0.2, -0.15) is 17.5 Å². The molecule has 0 bridgehead atoms. The molecule has 1 aromatic heterocycles. The Kier molecular flexibility index (Phi) is 6.04. The molecular weight excluding hydrogens is 423 g/mol. The molecule has 0 amide bonds. The first kappa shape index (κ1) is 22.0. The van der Waals surface area contributed by atoms with E-state index in [1.54, 1.807) is 17.9 Å². The van der Waals surface area contributed by atoms with Gasteiger partial charge in [-0.15, -0.1) is 0 Å². The van der Waals surface area contributed by atoms with Gasteiger partial charge in [0.1, 0.15) is 5.82 Å². The van der Waals surface area contributed by atoms with Crippen LogP contribution in [0, 0.1) is 6.92 Å². The molecule has 0 spiro atoms. The van der Waals surface area contributed by atoms with E-state index in [9.17, 15) is 26.4 Å². The van der Waals surface area contributed by atoms with Crippen LogP contribution in [0.3, 0.4) is 0 Å². The molecule has 0 radical (unpaired) electrons. The average molecular weight is 443 g/mol. The van der Waals surface area contributed by atoms with E-state index in [2.05, 4.69) is 4.98 Å². The number of carbonyl (C=O) groups is 1. The minimum Gasteiger partial charge on any atom is -0.481 e. The van der Waals surface area contributed by atoms with Gasteiger partial charge in [0, 0.05) is 32.4 Å². The summed E-state index contributed by atoms with van der Waals surface area (Å²) in [6.07, 6.45) is -3.98. The van der Waals surface area contributed by atoms with Crippen molar-refractivity contribution in [1.82, 2.24) is 9.29 Å². The highest BCUT2D eigenvalue weighted by atomic mass is 32.2. The highest BCUT2D eigenvalue weighted by molar-refractivity contribution is 7.89. The van der Waals surface area contributed by atoms with Crippen molar-refractivity contribution in [2.24, 2.45) is 0 Å². The molecule has 0 saturated carbocycles. The Morgan fingerprint density at radius 2 is 1.80 bits per heavy atom. The van der Waals surface area contributed by atoms with E-state index in [-0.39, 0.29) is 37.5 Å². The molecule has 0 aliphatic carbocycles. The molecule has 7 nitrogen and oxygen atoms in total. The molecule has 30 heavy (non-hydrogen) atoms. The maximum Gasteiger partial charge on any atom is 0.417 e. The number of benzene rings is 1. The topological polar surface area (TPSA) is 90.8 Å². The Balaban J connectivity index is 1.74. The number of nitrogens with zero attached hydrogens (tertiary/aromatic N) is 3. The Morgan fingerprint density at radius 3 is 2.33 bits per heavy atom. The maximum absolute atomic E-state index is 13.1. The van der Waals surface area contributed by atoms with Crippen LogP contribution < -0.4 is 4.90 Å². The highest BCUT2D eigenvalue weighted by Crippen LogP contribution is 2.30. The number of anilines is 1. The molecule has 0 unspecified atom stereocenters. The molecule has 1 saturated heterocycles. The standard InChI is InChI=1S/C19H20F3N3O4S/c1-13-14(11-18(26)27)3-2-4-16(13)30(28,29)25-9-7-24(8-10-25)17-6-5-15(12-23-17)19(20,21)22/h2-6,12H,7-11H2,1H3,(H,26,27). The van der Waals surface area contributed by atoms with Crippen molar-refractivity contribution in [1.29, 1.82) is 0 Å². The number of alkyl halides is 3. The zero-order valence-corrected chi connectivity index (χ0v) is 16.9. The molecule has 1 aliphatic heterocycles. The summed E-state index contributed by atoms with van der Waals surface area (Å²) in [5, 5.41) is 9.00. The third kappa shape index (κ3) is 4.57. The predicted molar refractivity (Wildman–Crippen MR) is 103 cm³/mol. The van der Waals surface area contributed by atoms with Crippen molar-refractivity contribution in [3.8, 4) is 0 Å². The van der Waals surface area contributed by atoms with Gasteiger partial charge in [-0.1, -0.05) is 12.1 Å². The van der Waals surface area contributed by atoms with Gasteiger partial charge in [0.15, 0.2) is 0 Å². The smallest absolute Gasteiger partial charge is 0.417 e. The molecular formula is C19H20F3N3O4S. The summed E-state index contributed by atoms with van der Waals surface area (Å²) in [6, 6.07) is 6.76. The summed E-state index contributed by atoms with van der Waals surface area (Å²) in [5.74, 6) is -0.704. The molecule has 1 aromatic carbocycles. The lowest BCUT2D eigenvalue weighted by Gasteiger charge is -2.35. The number of carboxylic acid groups (broad SMARTS) is 1. The predicted octanol–water partition coefficient (Wildman–Crippen LogP) is 2.55. The Bertz CT molecular complexity index is 1030. The number of aromatic nitrogens is 1. The normalized spacial score (nSPS) is 15.9. The van der Waals surface area contributed by atoms with Crippen molar-refractivity contribution in [3.63, 3.8) is 0 Å². The van der Waals surface area contributed by atoms with E-state index in [4.69, 9.17) is 5.11 Å². The molecule has 0 atom stereocenters. The second-order valence-electron chi connectivity index (χ2n) is 6.90. The number of hydrogen-bond acceptors (Lipinski definition) is 5. The summed E-state index contributed by atoms with van der Waals surface area (Å²) < 4.78 is 65.4. The van der Waals surface area contributed by atoms with Gasteiger partial charge >= 0.3 is 12.1 Å². The van der Waals surface area contributed by atoms with Crippen molar-refractivity contribution < 1.29 is 31.5 Å². The molecule has 11 heteroatoms. The number of halogens is 3. The van der Waals surface area contributed by atoms with E-state index in [0.29, 0.717) is 16.9 Å². The number of pyridine rings is 1. The molecule has 1 N–H and O–H groups in total. The van der Waals surface area contributed by atoms with Crippen LogP contribution in [0.5, 0.6) is 0 Å². The van der Waals surface area contributed by atoms with Gasteiger partial charge in [-0.05, 0) is 36.2 Å². The zero-order chi connectivity index (χ0) is 22.1. The van der Waals surface area contributed by atoms with Crippen molar-refractivity contribution >= 4 is 21.8 Å². The fraction of sp³-hybridized carbons (Fsp3) is 0.368. The number of aliphatic carboxylic acids is 1. The third-order valence-corrected chi connectivity index (χ3v) is 7.04. The number of piperazine rings is 1. The average Bonchev–Trinajstić information content (AvgIpc) is 2.68. The van der Waals surface area contributed by atoms with Crippen LogP contribution in [0.25, 0.3) is 0 Å². The van der Waals surface area contributed by atoms with Gasteiger partial charge < -0.3 is 10.0 Å². The lowest BCUT2D eigenvalue weighted by atomic mass is 10.1.